The maximum absolute atomic E-state index is 11.5. The second-order valence-corrected chi connectivity index (χ2v) is 5.76. The van der Waals surface area contributed by atoms with Crippen LogP contribution in [-0.4, -0.2) is 15.6 Å². The Bertz CT molecular complexity index is 887. The molecular weight excluding hydrogens is 323 g/mol. The third-order valence-corrected chi connectivity index (χ3v) is 4.26. The van der Waals surface area contributed by atoms with Crippen LogP contribution >= 0.6 is 23.2 Å². The van der Waals surface area contributed by atoms with Crippen molar-refractivity contribution in [3.05, 3.63) is 63.8 Å². The Morgan fingerprint density at radius 3 is 2.59 bits per heavy atom. The van der Waals surface area contributed by atoms with Crippen LogP contribution in [0.15, 0.2) is 42.5 Å². The third kappa shape index (κ3) is 2.51. The van der Waals surface area contributed by atoms with Gasteiger partial charge in [0.15, 0.2) is 0 Å². The first-order valence-corrected chi connectivity index (χ1v) is 7.28. The molecule has 1 heterocycles. The van der Waals surface area contributed by atoms with Crippen molar-refractivity contribution in [1.29, 1.82) is 0 Å². The molecule has 0 unspecified atom stereocenters. The predicted octanol–water partition coefficient (Wildman–Crippen LogP) is 4.28. The van der Waals surface area contributed by atoms with Gasteiger partial charge < -0.3 is 15.4 Å². The Morgan fingerprint density at radius 1 is 1.14 bits per heavy atom. The normalized spacial score (nSPS) is 11.0. The molecular formula is C16H12Cl2N2O2. The molecule has 22 heavy (non-hydrogen) atoms. The van der Waals surface area contributed by atoms with Gasteiger partial charge in [-0.25, -0.2) is 4.79 Å². The van der Waals surface area contributed by atoms with Crippen molar-refractivity contribution in [1.82, 2.24) is 4.57 Å². The van der Waals surface area contributed by atoms with Crippen LogP contribution in [-0.2, 0) is 6.54 Å². The molecule has 0 fully saturated rings. The van der Waals surface area contributed by atoms with E-state index in [9.17, 15) is 9.90 Å². The molecule has 112 valence electrons. The quantitative estimate of drug-likeness (QED) is 0.702. The van der Waals surface area contributed by atoms with Crippen molar-refractivity contribution >= 4 is 45.8 Å². The molecule has 0 bridgehead atoms. The Labute approximate surface area is 136 Å². The molecule has 0 spiro atoms. The number of nitrogen functional groups attached to an aromatic ring is 1. The number of hydrogen-bond donors (Lipinski definition) is 2. The number of carbonyl (C=O) groups is 1. The van der Waals surface area contributed by atoms with Crippen LogP contribution < -0.4 is 5.73 Å². The molecule has 3 N–H and O–H groups in total. The third-order valence-electron chi connectivity index (χ3n) is 3.52. The summed E-state index contributed by atoms with van der Waals surface area (Å²) in [4.78, 5) is 11.5. The first-order valence-electron chi connectivity index (χ1n) is 6.52. The van der Waals surface area contributed by atoms with Gasteiger partial charge in [-0.3, -0.25) is 0 Å². The van der Waals surface area contributed by atoms with Gasteiger partial charge in [-0.2, -0.15) is 0 Å². The lowest BCUT2D eigenvalue weighted by Crippen LogP contribution is -2.09. The van der Waals surface area contributed by atoms with E-state index in [0.717, 1.165) is 16.5 Å². The summed E-state index contributed by atoms with van der Waals surface area (Å²) < 4.78 is 1.70. The van der Waals surface area contributed by atoms with Crippen LogP contribution in [0.4, 0.5) is 5.69 Å². The Morgan fingerprint density at radius 2 is 1.91 bits per heavy atom. The van der Waals surface area contributed by atoms with Gasteiger partial charge >= 0.3 is 5.97 Å². The SMILES string of the molecule is Nc1cccc2c1cc(C(=O)O)n2Cc1ccc(Cl)c(Cl)c1. The number of nitrogens with zero attached hydrogens (tertiary/aromatic N) is 1. The van der Waals surface area contributed by atoms with Gasteiger partial charge in [-0.15, -0.1) is 0 Å². The number of hydrogen-bond acceptors (Lipinski definition) is 2. The molecule has 1 aromatic heterocycles. The summed E-state index contributed by atoms with van der Waals surface area (Å²) in [6.07, 6.45) is 0. The molecule has 0 saturated heterocycles. The molecule has 3 rings (SSSR count). The maximum atomic E-state index is 11.5. The van der Waals surface area contributed by atoms with Crippen LogP contribution in [0.1, 0.15) is 16.1 Å². The van der Waals surface area contributed by atoms with E-state index in [1.807, 2.05) is 12.1 Å². The average molecular weight is 335 g/mol. The van der Waals surface area contributed by atoms with Gasteiger partial charge in [0, 0.05) is 17.6 Å². The number of fused-ring (bicyclic) bond motifs is 1. The van der Waals surface area contributed by atoms with Crippen molar-refractivity contribution in [2.24, 2.45) is 0 Å². The number of aromatic carboxylic acids is 1. The maximum Gasteiger partial charge on any atom is 0.352 e. The zero-order valence-electron chi connectivity index (χ0n) is 11.4. The van der Waals surface area contributed by atoms with E-state index in [4.69, 9.17) is 28.9 Å². The Kier molecular flexibility index (Phi) is 3.72. The summed E-state index contributed by atoms with van der Waals surface area (Å²) in [6.45, 7) is 0.367. The van der Waals surface area contributed by atoms with Crippen molar-refractivity contribution < 1.29 is 9.90 Å². The van der Waals surface area contributed by atoms with E-state index in [2.05, 4.69) is 0 Å². The minimum Gasteiger partial charge on any atom is -0.477 e. The lowest BCUT2D eigenvalue weighted by molar-refractivity contribution is 0.0686. The van der Waals surface area contributed by atoms with E-state index in [0.29, 0.717) is 22.3 Å². The summed E-state index contributed by atoms with van der Waals surface area (Å²) in [5.41, 5.74) is 8.28. The highest BCUT2D eigenvalue weighted by Gasteiger charge is 2.16. The average Bonchev–Trinajstić information content (AvgIpc) is 2.84. The fourth-order valence-corrected chi connectivity index (χ4v) is 2.80. The predicted molar refractivity (Wildman–Crippen MR) is 88.9 cm³/mol. The monoisotopic (exact) mass is 334 g/mol. The second-order valence-electron chi connectivity index (χ2n) is 4.95. The van der Waals surface area contributed by atoms with Gasteiger partial charge in [0.2, 0.25) is 0 Å². The van der Waals surface area contributed by atoms with Crippen LogP contribution in [0.2, 0.25) is 10.0 Å². The van der Waals surface area contributed by atoms with E-state index < -0.39 is 5.97 Å². The van der Waals surface area contributed by atoms with E-state index in [1.54, 1.807) is 34.9 Å². The molecule has 0 aliphatic rings. The fourth-order valence-electron chi connectivity index (χ4n) is 2.48. The number of carboxylic acids is 1. The highest BCUT2D eigenvalue weighted by molar-refractivity contribution is 6.42. The molecule has 0 radical (unpaired) electrons. The number of halogens is 2. The van der Waals surface area contributed by atoms with Crippen molar-refractivity contribution in [2.45, 2.75) is 6.54 Å². The number of aromatic nitrogens is 1. The van der Waals surface area contributed by atoms with E-state index in [-0.39, 0.29) is 5.69 Å². The first kappa shape index (κ1) is 14.8. The summed E-state index contributed by atoms with van der Waals surface area (Å²) in [5, 5.41) is 11.0. The first-order chi connectivity index (χ1) is 10.5. The standard InChI is InChI=1S/C16H12Cl2N2O2/c17-11-5-4-9(6-12(11)18)8-20-14-3-1-2-13(19)10(14)7-15(20)16(21)22/h1-7H,8,19H2,(H,21,22). The zero-order chi connectivity index (χ0) is 15.9. The number of anilines is 1. The smallest absolute Gasteiger partial charge is 0.352 e. The minimum absolute atomic E-state index is 0.180. The number of nitrogens with two attached hydrogens (primary N) is 1. The lowest BCUT2D eigenvalue weighted by Gasteiger charge is -2.10. The summed E-state index contributed by atoms with van der Waals surface area (Å²) >= 11 is 11.9. The molecule has 4 nitrogen and oxygen atoms in total. The molecule has 6 heteroatoms. The number of carboxylic acid groups (broad SMARTS) is 1. The molecule has 0 amide bonds. The fraction of sp³-hybridized carbons (Fsp3) is 0.0625. The van der Waals surface area contributed by atoms with Gasteiger partial charge in [0.25, 0.3) is 0 Å². The Hall–Kier alpha value is -2.17. The van der Waals surface area contributed by atoms with Crippen LogP contribution in [0.25, 0.3) is 10.9 Å². The zero-order valence-corrected chi connectivity index (χ0v) is 12.9. The molecule has 3 aromatic rings. The molecule has 0 saturated carbocycles. The Balaban J connectivity index is 2.16. The van der Waals surface area contributed by atoms with Gasteiger partial charge in [-0.1, -0.05) is 35.3 Å². The molecule has 0 aliphatic carbocycles. The summed E-state index contributed by atoms with van der Waals surface area (Å²) in [5.74, 6) is -1.00. The van der Waals surface area contributed by atoms with Crippen molar-refractivity contribution in [3.63, 3.8) is 0 Å². The van der Waals surface area contributed by atoms with Gasteiger partial charge in [0.1, 0.15) is 5.69 Å². The molecule has 2 aromatic carbocycles. The van der Waals surface area contributed by atoms with E-state index in [1.165, 1.54) is 0 Å². The van der Waals surface area contributed by atoms with Crippen molar-refractivity contribution in [3.8, 4) is 0 Å². The van der Waals surface area contributed by atoms with Gasteiger partial charge in [0.05, 0.1) is 15.6 Å². The van der Waals surface area contributed by atoms with E-state index >= 15 is 0 Å². The second kappa shape index (κ2) is 5.55. The topological polar surface area (TPSA) is 68.2 Å². The summed E-state index contributed by atoms with van der Waals surface area (Å²) in [7, 11) is 0. The lowest BCUT2D eigenvalue weighted by atomic mass is 10.2. The molecule has 0 aliphatic heterocycles. The number of benzene rings is 2. The minimum atomic E-state index is -1.00. The van der Waals surface area contributed by atoms with Crippen LogP contribution in [0.3, 0.4) is 0 Å². The summed E-state index contributed by atoms with van der Waals surface area (Å²) in [6, 6.07) is 12.2. The van der Waals surface area contributed by atoms with Crippen LogP contribution in [0.5, 0.6) is 0 Å². The highest BCUT2D eigenvalue weighted by atomic mass is 35.5. The van der Waals surface area contributed by atoms with Crippen molar-refractivity contribution in [2.75, 3.05) is 5.73 Å². The van der Waals surface area contributed by atoms with Gasteiger partial charge in [-0.05, 0) is 35.9 Å². The highest BCUT2D eigenvalue weighted by Crippen LogP contribution is 2.28. The largest absolute Gasteiger partial charge is 0.477 e. The molecule has 0 atom stereocenters. The van der Waals surface area contributed by atoms with Crippen LogP contribution in [0, 0.1) is 0 Å². The number of rotatable bonds is 3.